The van der Waals surface area contributed by atoms with E-state index < -0.39 is 27.4 Å². The molecule has 1 N–H and O–H groups in total. The van der Waals surface area contributed by atoms with Crippen LogP contribution in [0.3, 0.4) is 0 Å². The third-order valence-corrected chi connectivity index (χ3v) is 9.39. The van der Waals surface area contributed by atoms with Gasteiger partial charge in [0.05, 0.1) is 16.6 Å². The molecule has 4 aliphatic heterocycles. The molecular formula is C25H37N3O4S. The number of hydrogen-bond donors (Lipinski definition) is 1. The van der Waals surface area contributed by atoms with Gasteiger partial charge in [-0.25, -0.2) is 0 Å². The summed E-state index contributed by atoms with van der Waals surface area (Å²) in [6, 6.07) is -0.621. The quantitative estimate of drug-likeness (QED) is 0.450. The van der Waals surface area contributed by atoms with Crippen LogP contribution in [0.15, 0.2) is 24.3 Å². The molecule has 0 radical (unpaired) electrons. The van der Waals surface area contributed by atoms with Crippen LogP contribution in [0, 0.1) is 11.8 Å². The highest BCUT2D eigenvalue weighted by molar-refractivity contribution is 8.02. The Labute approximate surface area is 201 Å². The summed E-state index contributed by atoms with van der Waals surface area (Å²) < 4.78 is -1.32. The van der Waals surface area contributed by atoms with E-state index in [-0.39, 0.29) is 30.4 Å². The third kappa shape index (κ3) is 3.73. The molecule has 4 aliphatic rings. The van der Waals surface area contributed by atoms with Crippen molar-refractivity contribution in [3.05, 3.63) is 24.3 Å². The average molecular weight is 476 g/mol. The maximum absolute atomic E-state index is 14.0. The second kappa shape index (κ2) is 9.10. The second-order valence-corrected chi connectivity index (χ2v) is 11.9. The molecule has 182 valence electrons. The molecule has 0 aliphatic carbocycles. The lowest BCUT2D eigenvalue weighted by Gasteiger charge is -2.37. The lowest BCUT2D eigenvalue weighted by atomic mass is 9.74. The number of carbonyl (C=O) groups excluding carboxylic acids is 3. The van der Waals surface area contributed by atoms with Crippen molar-refractivity contribution in [2.75, 3.05) is 32.8 Å². The van der Waals surface area contributed by atoms with Crippen LogP contribution in [0.4, 0.5) is 0 Å². The van der Waals surface area contributed by atoms with E-state index in [0.29, 0.717) is 39.0 Å². The fourth-order valence-electron chi connectivity index (χ4n) is 6.16. The molecule has 0 saturated carbocycles. The average Bonchev–Trinajstić information content (AvgIpc) is 3.02. The maximum atomic E-state index is 14.0. The smallest absolute Gasteiger partial charge is 0.247 e. The van der Waals surface area contributed by atoms with Gasteiger partial charge in [0, 0.05) is 43.6 Å². The minimum Gasteiger partial charge on any atom is -0.396 e. The molecule has 2 fully saturated rings. The summed E-state index contributed by atoms with van der Waals surface area (Å²) in [5.41, 5.74) is 0. The van der Waals surface area contributed by atoms with E-state index in [1.54, 1.807) is 16.7 Å². The van der Waals surface area contributed by atoms with Crippen molar-refractivity contribution in [1.29, 1.82) is 0 Å². The number of carbonyl (C=O) groups is 3. The highest BCUT2D eigenvalue weighted by atomic mass is 32.2. The summed E-state index contributed by atoms with van der Waals surface area (Å²) in [7, 11) is 0. The van der Waals surface area contributed by atoms with Crippen molar-refractivity contribution < 1.29 is 19.5 Å². The Morgan fingerprint density at radius 2 is 1.76 bits per heavy atom. The van der Waals surface area contributed by atoms with Crippen LogP contribution in [0.2, 0.25) is 0 Å². The molecule has 2 saturated heterocycles. The minimum absolute atomic E-state index is 0.0137. The number of nitrogens with zero attached hydrogens (tertiary/aromatic N) is 3. The molecule has 0 aromatic heterocycles. The molecule has 0 bridgehead atoms. The third-order valence-electron chi connectivity index (χ3n) is 7.60. The van der Waals surface area contributed by atoms with E-state index in [1.807, 2.05) is 29.7 Å². The number of fused-ring (bicyclic) bond motifs is 2. The van der Waals surface area contributed by atoms with Crippen LogP contribution in [0.5, 0.6) is 0 Å². The van der Waals surface area contributed by atoms with Crippen molar-refractivity contribution >= 4 is 29.5 Å². The van der Waals surface area contributed by atoms with Gasteiger partial charge >= 0.3 is 0 Å². The van der Waals surface area contributed by atoms with Crippen LogP contribution in [0.1, 0.15) is 47.0 Å². The van der Waals surface area contributed by atoms with Gasteiger partial charge in [0.15, 0.2) is 0 Å². The van der Waals surface area contributed by atoms with Crippen LogP contribution < -0.4 is 0 Å². The van der Waals surface area contributed by atoms with Gasteiger partial charge in [0.25, 0.3) is 0 Å². The van der Waals surface area contributed by atoms with E-state index in [9.17, 15) is 19.5 Å². The van der Waals surface area contributed by atoms with E-state index in [4.69, 9.17) is 0 Å². The highest BCUT2D eigenvalue weighted by Crippen LogP contribution is 2.65. The fourth-order valence-corrected chi connectivity index (χ4v) is 8.32. The Morgan fingerprint density at radius 1 is 1.03 bits per heavy atom. The maximum Gasteiger partial charge on any atom is 0.247 e. The molecule has 7 nitrogen and oxygen atoms in total. The number of aliphatic hydroxyl groups excluding tert-OH is 1. The first-order chi connectivity index (χ1) is 15.7. The fraction of sp³-hybridized carbons (Fsp3) is 0.720. The Kier molecular flexibility index (Phi) is 6.71. The topological polar surface area (TPSA) is 81.2 Å². The van der Waals surface area contributed by atoms with E-state index in [2.05, 4.69) is 32.1 Å². The standard InChI is InChI=1S/C25H37N3O4S/c1-5-12-26-13-8-10-24(4)18(21(26)30)19-22(31)28(14-6-7-16-29)20-23(32)27(17(2)3)15-9-11-25(19,20)33-24/h8-11,17-20,29H,5-7,12-16H2,1-4H3/t18-,19-,20?,24+,25-/m0/s1. The van der Waals surface area contributed by atoms with Gasteiger partial charge in [0.1, 0.15) is 6.04 Å². The van der Waals surface area contributed by atoms with Crippen molar-refractivity contribution in [2.45, 2.75) is 68.5 Å². The summed E-state index contributed by atoms with van der Waals surface area (Å²) >= 11 is 1.63. The van der Waals surface area contributed by atoms with Crippen LogP contribution >= 0.6 is 11.8 Å². The van der Waals surface area contributed by atoms with E-state index in [1.165, 1.54) is 0 Å². The van der Waals surface area contributed by atoms with Crippen molar-refractivity contribution in [3.63, 3.8) is 0 Å². The van der Waals surface area contributed by atoms with Gasteiger partial charge < -0.3 is 19.8 Å². The first kappa shape index (κ1) is 24.3. The highest BCUT2D eigenvalue weighted by Gasteiger charge is 2.73. The molecule has 0 aromatic rings. The molecule has 4 heterocycles. The molecule has 4 rings (SSSR count). The zero-order valence-corrected chi connectivity index (χ0v) is 21.0. The Morgan fingerprint density at radius 3 is 2.42 bits per heavy atom. The summed E-state index contributed by atoms with van der Waals surface area (Å²) in [4.78, 5) is 47.3. The molecule has 5 atom stereocenters. The van der Waals surface area contributed by atoms with Crippen LogP contribution in [-0.2, 0) is 14.4 Å². The summed E-state index contributed by atoms with van der Waals surface area (Å²) in [5, 5.41) is 9.29. The lowest BCUT2D eigenvalue weighted by molar-refractivity contribution is -0.145. The molecule has 1 spiro atoms. The van der Waals surface area contributed by atoms with E-state index in [0.717, 1.165) is 6.42 Å². The Hall–Kier alpha value is -1.80. The molecular weight excluding hydrogens is 438 g/mol. The van der Waals surface area contributed by atoms with Gasteiger partial charge in [-0.1, -0.05) is 31.2 Å². The zero-order valence-electron chi connectivity index (χ0n) is 20.2. The van der Waals surface area contributed by atoms with Crippen molar-refractivity contribution in [2.24, 2.45) is 11.8 Å². The van der Waals surface area contributed by atoms with Crippen molar-refractivity contribution in [1.82, 2.24) is 14.7 Å². The number of amides is 3. The molecule has 33 heavy (non-hydrogen) atoms. The number of aliphatic hydroxyl groups is 1. The molecule has 8 heteroatoms. The van der Waals surface area contributed by atoms with E-state index >= 15 is 0 Å². The van der Waals surface area contributed by atoms with Gasteiger partial charge in [-0.15, -0.1) is 11.8 Å². The van der Waals surface area contributed by atoms with Crippen LogP contribution in [-0.4, -0.2) is 91.9 Å². The lowest BCUT2D eigenvalue weighted by Crippen LogP contribution is -2.54. The number of thioether (sulfide) groups is 1. The van der Waals surface area contributed by atoms with Crippen LogP contribution in [0.25, 0.3) is 0 Å². The largest absolute Gasteiger partial charge is 0.396 e. The summed E-state index contributed by atoms with van der Waals surface area (Å²) in [6.07, 6.45) is 10.3. The Bertz CT molecular complexity index is 874. The van der Waals surface area contributed by atoms with Gasteiger partial charge in [-0.3, -0.25) is 14.4 Å². The Balaban J connectivity index is 1.82. The monoisotopic (exact) mass is 475 g/mol. The number of likely N-dealkylation sites (tertiary alicyclic amines) is 1. The predicted molar refractivity (Wildman–Crippen MR) is 130 cm³/mol. The normalized spacial score (nSPS) is 35.8. The van der Waals surface area contributed by atoms with Gasteiger partial charge in [-0.2, -0.15) is 0 Å². The second-order valence-electron chi connectivity index (χ2n) is 10.1. The first-order valence-corrected chi connectivity index (χ1v) is 13.1. The van der Waals surface area contributed by atoms with Gasteiger partial charge in [-0.05, 0) is 40.0 Å². The summed E-state index contributed by atoms with van der Waals surface area (Å²) in [5.74, 6) is -1.19. The van der Waals surface area contributed by atoms with Gasteiger partial charge in [0.2, 0.25) is 17.7 Å². The molecule has 0 aromatic carbocycles. The molecule has 1 unspecified atom stereocenters. The van der Waals surface area contributed by atoms with Crippen molar-refractivity contribution in [3.8, 4) is 0 Å². The first-order valence-electron chi connectivity index (χ1n) is 12.3. The number of rotatable bonds is 7. The minimum atomic E-state index is -0.772. The molecule has 3 amide bonds. The zero-order chi connectivity index (χ0) is 24.0. The number of unbranched alkanes of at least 4 members (excludes halogenated alkanes) is 1. The predicted octanol–water partition coefficient (Wildman–Crippen LogP) is 2.06. The number of hydrogen-bond acceptors (Lipinski definition) is 5. The SMILES string of the molecule is CCCN1CC=C[C@@]2(C)S[C@]34C=CCN(C(C)C)C(=O)C3N(CCCCO)C(=O)[C@@H]4[C@H]2C1=O. The summed E-state index contributed by atoms with van der Waals surface area (Å²) in [6.45, 7) is 10.3.